The Hall–Kier alpha value is -1.89. The van der Waals surface area contributed by atoms with Gasteiger partial charge in [-0.3, -0.25) is 14.5 Å². The minimum atomic E-state index is -0.638. The molecule has 0 bridgehead atoms. The van der Waals surface area contributed by atoms with Gasteiger partial charge < -0.3 is 15.4 Å². The van der Waals surface area contributed by atoms with Gasteiger partial charge in [-0.1, -0.05) is 47.1 Å². The smallest absolute Gasteiger partial charge is 0.333 e. The topological polar surface area (TPSA) is 87.7 Å². The zero-order valence-electron chi connectivity index (χ0n) is 21.4. The Morgan fingerprint density at radius 3 is 2.22 bits per heavy atom. The number of hydrogen-bond donors (Lipinski definition) is 2. The van der Waals surface area contributed by atoms with Crippen LogP contribution in [0.15, 0.2) is 11.6 Å². The molecular formula is C25H45N3O4. The van der Waals surface area contributed by atoms with E-state index in [0.717, 1.165) is 32.2 Å². The van der Waals surface area contributed by atoms with Gasteiger partial charge in [0.2, 0.25) is 11.8 Å². The molecule has 0 spiro atoms. The van der Waals surface area contributed by atoms with Crippen molar-refractivity contribution in [3.8, 4) is 0 Å². The van der Waals surface area contributed by atoms with E-state index in [2.05, 4.69) is 29.4 Å². The molecular weight excluding hydrogens is 406 g/mol. The molecule has 0 aromatic rings. The van der Waals surface area contributed by atoms with Gasteiger partial charge >= 0.3 is 5.97 Å². The fourth-order valence-corrected chi connectivity index (χ4v) is 4.02. The van der Waals surface area contributed by atoms with E-state index in [9.17, 15) is 14.4 Å². The molecule has 1 saturated heterocycles. The molecule has 1 aliphatic heterocycles. The minimum Gasteiger partial charge on any atom is -0.463 e. The Labute approximate surface area is 194 Å². The van der Waals surface area contributed by atoms with Crippen molar-refractivity contribution in [1.82, 2.24) is 15.5 Å². The van der Waals surface area contributed by atoms with Crippen LogP contribution >= 0.6 is 0 Å². The van der Waals surface area contributed by atoms with Gasteiger partial charge in [0.25, 0.3) is 0 Å². The molecule has 32 heavy (non-hydrogen) atoms. The number of hydrogen-bond acceptors (Lipinski definition) is 5. The molecule has 1 aliphatic rings. The monoisotopic (exact) mass is 451 g/mol. The van der Waals surface area contributed by atoms with Crippen LogP contribution in [-0.4, -0.2) is 60.0 Å². The molecule has 0 aromatic heterocycles. The second kappa shape index (κ2) is 13.6. The summed E-state index contributed by atoms with van der Waals surface area (Å²) in [6, 6.07) is -0.838. The predicted octanol–water partition coefficient (Wildman–Crippen LogP) is 3.43. The van der Waals surface area contributed by atoms with Gasteiger partial charge in [-0.05, 0) is 58.4 Å². The van der Waals surface area contributed by atoms with E-state index in [1.165, 1.54) is 0 Å². The molecule has 1 fully saturated rings. The van der Waals surface area contributed by atoms with Crippen LogP contribution < -0.4 is 10.6 Å². The molecule has 0 saturated carbocycles. The maximum atomic E-state index is 13.2. The average molecular weight is 452 g/mol. The van der Waals surface area contributed by atoms with Gasteiger partial charge in [0.15, 0.2) is 0 Å². The zero-order chi connectivity index (χ0) is 24.4. The van der Waals surface area contributed by atoms with E-state index in [4.69, 9.17) is 4.74 Å². The standard InChI is InChI=1S/C25H45N3O4/c1-9-19(8)28-14-12-11-13-21(28)23(29)27-22(17(5)6)24(30)26-20(16(3)4)15-18(7)25(31)32-10-2/h15-17,19-22H,9-14H2,1-8H3,(H,26,30)(H,27,29)/b18-15+. The van der Waals surface area contributed by atoms with Gasteiger partial charge in [0.05, 0.1) is 18.7 Å². The second-order valence-electron chi connectivity index (χ2n) is 9.59. The van der Waals surface area contributed by atoms with E-state index in [-0.39, 0.29) is 41.7 Å². The number of rotatable bonds is 11. The molecule has 7 heteroatoms. The predicted molar refractivity (Wildman–Crippen MR) is 128 cm³/mol. The van der Waals surface area contributed by atoms with Gasteiger partial charge in [-0.2, -0.15) is 0 Å². The maximum absolute atomic E-state index is 13.2. The first-order valence-corrected chi connectivity index (χ1v) is 12.2. The highest BCUT2D eigenvalue weighted by Crippen LogP contribution is 2.21. The molecule has 0 aromatic carbocycles. The Kier molecular flexibility index (Phi) is 12.0. The summed E-state index contributed by atoms with van der Waals surface area (Å²) in [6.45, 7) is 16.8. The van der Waals surface area contributed by atoms with E-state index in [1.807, 2.05) is 27.7 Å². The Balaban J connectivity index is 2.95. The number of amides is 2. The molecule has 0 aliphatic carbocycles. The fourth-order valence-electron chi connectivity index (χ4n) is 4.02. The van der Waals surface area contributed by atoms with Crippen LogP contribution in [0.5, 0.6) is 0 Å². The first kappa shape index (κ1) is 28.1. The van der Waals surface area contributed by atoms with Crippen molar-refractivity contribution in [3.63, 3.8) is 0 Å². The van der Waals surface area contributed by atoms with E-state index < -0.39 is 6.04 Å². The van der Waals surface area contributed by atoms with Crippen molar-refractivity contribution < 1.29 is 19.1 Å². The van der Waals surface area contributed by atoms with Crippen LogP contribution in [0.25, 0.3) is 0 Å². The lowest BCUT2D eigenvalue weighted by Crippen LogP contribution is -2.58. The quantitative estimate of drug-likeness (QED) is 0.371. The Morgan fingerprint density at radius 2 is 1.69 bits per heavy atom. The molecule has 0 radical (unpaired) electrons. The zero-order valence-corrected chi connectivity index (χ0v) is 21.4. The lowest BCUT2D eigenvalue weighted by Gasteiger charge is -2.39. The lowest BCUT2D eigenvalue weighted by molar-refractivity contribution is -0.138. The first-order chi connectivity index (χ1) is 15.0. The van der Waals surface area contributed by atoms with Crippen molar-refractivity contribution >= 4 is 17.8 Å². The van der Waals surface area contributed by atoms with E-state index >= 15 is 0 Å². The lowest BCUT2D eigenvalue weighted by atomic mass is 9.96. The summed E-state index contributed by atoms with van der Waals surface area (Å²) in [5.74, 6) is -0.679. The van der Waals surface area contributed by atoms with Crippen LogP contribution in [0.4, 0.5) is 0 Å². The molecule has 7 nitrogen and oxygen atoms in total. The van der Waals surface area contributed by atoms with Crippen molar-refractivity contribution in [2.45, 2.75) is 105 Å². The summed E-state index contributed by atoms with van der Waals surface area (Å²) in [7, 11) is 0. The number of ether oxygens (including phenoxy) is 1. The van der Waals surface area contributed by atoms with Crippen molar-refractivity contribution in [1.29, 1.82) is 0 Å². The van der Waals surface area contributed by atoms with Gasteiger partial charge in [-0.15, -0.1) is 0 Å². The molecule has 184 valence electrons. The summed E-state index contributed by atoms with van der Waals surface area (Å²) in [6.07, 6.45) is 5.67. The first-order valence-electron chi connectivity index (χ1n) is 12.2. The Morgan fingerprint density at radius 1 is 1.03 bits per heavy atom. The summed E-state index contributed by atoms with van der Waals surface area (Å²) in [4.78, 5) is 40.7. The van der Waals surface area contributed by atoms with Crippen LogP contribution in [0.2, 0.25) is 0 Å². The number of piperidine rings is 1. The molecule has 2 N–H and O–H groups in total. The van der Waals surface area contributed by atoms with Gasteiger partial charge in [-0.25, -0.2) is 4.79 Å². The van der Waals surface area contributed by atoms with E-state index in [1.54, 1.807) is 19.9 Å². The Bertz CT molecular complexity index is 660. The van der Waals surface area contributed by atoms with Crippen LogP contribution in [0.1, 0.15) is 81.1 Å². The number of nitrogens with one attached hydrogen (secondary N) is 2. The minimum absolute atomic E-state index is 0.0671. The number of esters is 1. The maximum Gasteiger partial charge on any atom is 0.333 e. The molecule has 2 amide bonds. The molecule has 4 atom stereocenters. The SMILES string of the molecule is CCOC(=O)/C(C)=C/C(NC(=O)C(NC(=O)C1CCCCN1C(C)CC)C(C)C)C(C)C. The molecule has 1 heterocycles. The molecule has 4 unspecified atom stereocenters. The summed E-state index contributed by atoms with van der Waals surface area (Å²) < 4.78 is 5.05. The number of carbonyl (C=O) groups is 3. The van der Waals surface area contributed by atoms with Gasteiger partial charge in [0.1, 0.15) is 6.04 Å². The summed E-state index contributed by atoms with van der Waals surface area (Å²) in [5, 5.41) is 6.06. The normalized spacial score (nSPS) is 20.6. The van der Waals surface area contributed by atoms with Crippen LogP contribution in [0, 0.1) is 11.8 Å². The van der Waals surface area contributed by atoms with Crippen LogP contribution in [-0.2, 0) is 19.1 Å². The highest BCUT2D eigenvalue weighted by molar-refractivity contribution is 5.91. The third-order valence-electron chi connectivity index (χ3n) is 6.30. The average Bonchev–Trinajstić information content (AvgIpc) is 2.75. The third kappa shape index (κ3) is 8.23. The summed E-state index contributed by atoms with van der Waals surface area (Å²) >= 11 is 0. The number of likely N-dealkylation sites (tertiary alicyclic amines) is 1. The van der Waals surface area contributed by atoms with Crippen molar-refractivity contribution in [3.05, 3.63) is 11.6 Å². The third-order valence-corrected chi connectivity index (χ3v) is 6.30. The number of carbonyl (C=O) groups excluding carboxylic acids is 3. The number of nitrogens with zero attached hydrogens (tertiary/aromatic N) is 1. The molecule has 1 rings (SSSR count). The summed E-state index contributed by atoms with van der Waals surface area (Å²) in [5.41, 5.74) is 0.461. The van der Waals surface area contributed by atoms with Crippen molar-refractivity contribution in [2.24, 2.45) is 11.8 Å². The largest absolute Gasteiger partial charge is 0.463 e. The second-order valence-corrected chi connectivity index (χ2v) is 9.59. The van der Waals surface area contributed by atoms with Gasteiger partial charge in [0, 0.05) is 11.6 Å². The fraction of sp³-hybridized carbons (Fsp3) is 0.800. The highest BCUT2D eigenvalue weighted by Gasteiger charge is 2.34. The highest BCUT2D eigenvalue weighted by atomic mass is 16.5. The van der Waals surface area contributed by atoms with Crippen LogP contribution in [0.3, 0.4) is 0 Å². The van der Waals surface area contributed by atoms with E-state index in [0.29, 0.717) is 18.2 Å². The van der Waals surface area contributed by atoms with Crippen molar-refractivity contribution in [2.75, 3.05) is 13.2 Å².